The van der Waals surface area contributed by atoms with Crippen molar-refractivity contribution in [3.63, 3.8) is 0 Å². The minimum absolute atomic E-state index is 0.0138. The lowest BCUT2D eigenvalue weighted by Gasteiger charge is -2.24. The predicted octanol–water partition coefficient (Wildman–Crippen LogP) is 2.18. The van der Waals surface area contributed by atoms with E-state index in [4.69, 9.17) is 4.74 Å². The lowest BCUT2D eigenvalue weighted by atomic mass is 10.1. The molecule has 0 spiro atoms. The van der Waals surface area contributed by atoms with Crippen molar-refractivity contribution in [1.82, 2.24) is 10.2 Å². The number of hydrogen-bond acceptors (Lipinski definition) is 4. The molecule has 130 valence electrons. The van der Waals surface area contributed by atoms with E-state index in [-0.39, 0.29) is 5.91 Å². The molecule has 0 bridgehead atoms. The van der Waals surface area contributed by atoms with Crippen LogP contribution in [0.3, 0.4) is 0 Å². The largest absolute Gasteiger partial charge is 0.379 e. The average molecular weight is 346 g/mol. The van der Waals surface area contributed by atoms with Crippen molar-refractivity contribution in [1.29, 1.82) is 0 Å². The Kier molecular flexibility index (Phi) is 8.17. The molecule has 1 aromatic rings. The van der Waals surface area contributed by atoms with Crippen LogP contribution < -0.4 is 5.32 Å². The van der Waals surface area contributed by atoms with Crippen molar-refractivity contribution in [2.75, 3.05) is 39.4 Å². The number of amides is 1. The predicted molar refractivity (Wildman–Crippen MR) is 99.2 cm³/mol. The molecule has 2 rings (SSSR count). The van der Waals surface area contributed by atoms with Crippen LogP contribution in [0.1, 0.15) is 19.4 Å². The molecule has 0 atom stereocenters. The van der Waals surface area contributed by atoms with Gasteiger partial charge in [0.15, 0.2) is 0 Å². The molecule has 0 unspecified atom stereocenters. The van der Waals surface area contributed by atoms with Crippen LogP contribution in [-0.4, -0.2) is 55.4 Å². The van der Waals surface area contributed by atoms with Gasteiger partial charge < -0.3 is 10.1 Å². The molecule has 4 nitrogen and oxygen atoms in total. The summed E-state index contributed by atoms with van der Waals surface area (Å²) in [6.07, 6.45) is 0.401. The van der Waals surface area contributed by atoms with Crippen LogP contribution in [0.25, 0.3) is 0 Å². The van der Waals surface area contributed by atoms with Crippen LogP contribution in [0, 0.1) is 11.8 Å². The Bertz CT molecular complexity index is 569. The summed E-state index contributed by atoms with van der Waals surface area (Å²) in [5.41, 5.74) is 1.03. The first-order valence-electron chi connectivity index (χ1n) is 8.41. The SMILES string of the molecule is CC(C)Sc1ccc(CC(=O)NCC#CCN2CCOCC2)cc1. The number of rotatable bonds is 6. The molecule has 0 radical (unpaired) electrons. The van der Waals surface area contributed by atoms with Gasteiger partial charge in [-0.15, -0.1) is 11.8 Å². The molecule has 1 fully saturated rings. The number of carbonyl (C=O) groups excluding carboxylic acids is 1. The van der Waals surface area contributed by atoms with Crippen LogP contribution in [0.2, 0.25) is 0 Å². The summed E-state index contributed by atoms with van der Waals surface area (Å²) >= 11 is 1.83. The zero-order valence-corrected chi connectivity index (χ0v) is 15.3. The topological polar surface area (TPSA) is 41.6 Å². The maximum absolute atomic E-state index is 11.9. The van der Waals surface area contributed by atoms with E-state index in [9.17, 15) is 4.79 Å². The van der Waals surface area contributed by atoms with Gasteiger partial charge in [-0.1, -0.05) is 37.8 Å². The minimum atomic E-state index is 0.0138. The Morgan fingerprint density at radius 3 is 2.62 bits per heavy atom. The fourth-order valence-corrected chi connectivity index (χ4v) is 3.18. The zero-order chi connectivity index (χ0) is 17.2. The van der Waals surface area contributed by atoms with Crippen LogP contribution >= 0.6 is 11.8 Å². The molecule has 0 aromatic heterocycles. The van der Waals surface area contributed by atoms with Crippen molar-refractivity contribution in [3.8, 4) is 11.8 Å². The third-order valence-electron chi connectivity index (χ3n) is 3.57. The quantitative estimate of drug-likeness (QED) is 0.633. The second kappa shape index (κ2) is 10.4. The number of hydrogen-bond donors (Lipinski definition) is 1. The van der Waals surface area contributed by atoms with Gasteiger partial charge in [-0.05, 0) is 17.7 Å². The molecule has 1 saturated heterocycles. The highest BCUT2D eigenvalue weighted by Crippen LogP contribution is 2.22. The number of thioether (sulfide) groups is 1. The van der Waals surface area contributed by atoms with Crippen molar-refractivity contribution in [3.05, 3.63) is 29.8 Å². The Labute approximate surface area is 149 Å². The van der Waals surface area contributed by atoms with Crippen LogP contribution in [0.5, 0.6) is 0 Å². The van der Waals surface area contributed by atoms with Crippen LogP contribution in [0.15, 0.2) is 29.2 Å². The fraction of sp³-hybridized carbons (Fsp3) is 0.526. The first-order valence-corrected chi connectivity index (χ1v) is 9.29. The van der Waals surface area contributed by atoms with Crippen LogP contribution in [0.4, 0.5) is 0 Å². The standard InChI is InChI=1S/C19H26N2O2S/c1-16(2)24-18-7-5-17(6-8-18)15-19(22)20-9-3-4-10-21-11-13-23-14-12-21/h5-8,16H,9-15H2,1-2H3,(H,20,22). The van der Waals surface area contributed by atoms with Crippen molar-refractivity contribution >= 4 is 17.7 Å². The van der Waals surface area contributed by atoms with Gasteiger partial charge in [0.05, 0.1) is 32.7 Å². The number of ether oxygens (including phenoxy) is 1. The lowest BCUT2D eigenvalue weighted by molar-refractivity contribution is -0.120. The Hall–Kier alpha value is -1.48. The van der Waals surface area contributed by atoms with E-state index >= 15 is 0 Å². The highest BCUT2D eigenvalue weighted by atomic mass is 32.2. The fourth-order valence-electron chi connectivity index (χ4n) is 2.34. The van der Waals surface area contributed by atoms with E-state index in [1.165, 1.54) is 4.90 Å². The zero-order valence-electron chi connectivity index (χ0n) is 14.5. The van der Waals surface area contributed by atoms with Gasteiger partial charge in [-0.25, -0.2) is 0 Å². The third kappa shape index (κ3) is 7.39. The summed E-state index contributed by atoms with van der Waals surface area (Å²) in [6.45, 7) is 8.94. The number of benzene rings is 1. The molecule has 24 heavy (non-hydrogen) atoms. The number of nitrogens with one attached hydrogen (secondary N) is 1. The summed E-state index contributed by atoms with van der Waals surface area (Å²) < 4.78 is 5.29. The molecular formula is C19H26N2O2S. The lowest BCUT2D eigenvalue weighted by Crippen LogP contribution is -2.36. The molecule has 1 aromatic carbocycles. The van der Waals surface area contributed by atoms with Gasteiger partial charge in [0.25, 0.3) is 0 Å². The second-order valence-electron chi connectivity index (χ2n) is 6.01. The Morgan fingerprint density at radius 2 is 1.96 bits per heavy atom. The van der Waals surface area contributed by atoms with E-state index in [2.05, 4.69) is 48.0 Å². The highest BCUT2D eigenvalue weighted by Gasteiger charge is 2.07. The first kappa shape index (κ1) is 18.9. The maximum atomic E-state index is 11.9. The van der Waals surface area contributed by atoms with Crippen molar-refractivity contribution in [2.45, 2.75) is 30.4 Å². The highest BCUT2D eigenvalue weighted by molar-refractivity contribution is 7.99. The molecule has 1 N–H and O–H groups in total. The summed E-state index contributed by atoms with van der Waals surface area (Å²) in [5, 5.41) is 3.42. The molecular weight excluding hydrogens is 320 g/mol. The van der Waals surface area contributed by atoms with E-state index in [1.807, 2.05) is 23.9 Å². The number of nitrogens with zero attached hydrogens (tertiary/aromatic N) is 1. The number of carbonyl (C=O) groups is 1. The molecule has 1 amide bonds. The summed E-state index contributed by atoms with van der Waals surface area (Å²) in [7, 11) is 0. The van der Waals surface area contributed by atoms with Gasteiger partial charge in [0.2, 0.25) is 5.91 Å². The minimum Gasteiger partial charge on any atom is -0.379 e. The molecule has 0 aliphatic carbocycles. The Morgan fingerprint density at radius 1 is 1.25 bits per heavy atom. The van der Waals surface area contributed by atoms with E-state index in [0.717, 1.165) is 38.4 Å². The molecule has 1 aliphatic heterocycles. The average Bonchev–Trinajstić information content (AvgIpc) is 2.57. The smallest absolute Gasteiger partial charge is 0.225 e. The van der Waals surface area contributed by atoms with E-state index in [1.54, 1.807) is 0 Å². The van der Waals surface area contributed by atoms with Gasteiger partial charge in [0.1, 0.15) is 0 Å². The third-order valence-corrected chi connectivity index (χ3v) is 4.58. The first-order chi connectivity index (χ1) is 11.6. The summed E-state index contributed by atoms with van der Waals surface area (Å²) in [4.78, 5) is 15.4. The van der Waals surface area contributed by atoms with Crippen molar-refractivity contribution in [2.24, 2.45) is 0 Å². The van der Waals surface area contributed by atoms with Gasteiger partial charge in [0, 0.05) is 23.2 Å². The molecule has 1 heterocycles. The molecule has 0 saturated carbocycles. The number of morpholine rings is 1. The summed E-state index contributed by atoms with van der Waals surface area (Å²) in [6, 6.07) is 8.20. The normalized spacial score (nSPS) is 15.0. The molecule has 5 heteroatoms. The maximum Gasteiger partial charge on any atom is 0.225 e. The van der Waals surface area contributed by atoms with E-state index in [0.29, 0.717) is 18.2 Å². The van der Waals surface area contributed by atoms with Crippen molar-refractivity contribution < 1.29 is 9.53 Å². The summed E-state index contributed by atoms with van der Waals surface area (Å²) in [5.74, 6) is 6.13. The Balaban J connectivity index is 1.66. The second-order valence-corrected chi connectivity index (χ2v) is 7.66. The van der Waals surface area contributed by atoms with Gasteiger partial charge in [-0.3, -0.25) is 9.69 Å². The molecule has 1 aliphatic rings. The van der Waals surface area contributed by atoms with Gasteiger partial charge >= 0.3 is 0 Å². The van der Waals surface area contributed by atoms with E-state index < -0.39 is 0 Å². The van der Waals surface area contributed by atoms with Crippen LogP contribution in [-0.2, 0) is 16.0 Å². The monoisotopic (exact) mass is 346 g/mol. The van der Waals surface area contributed by atoms with Gasteiger partial charge in [-0.2, -0.15) is 0 Å².